The molecule has 0 aliphatic heterocycles. The smallest absolute Gasteiger partial charge is 0.305 e. The molecule has 7 heteroatoms. The Bertz CT molecular complexity index is 509. The van der Waals surface area contributed by atoms with E-state index in [-0.39, 0.29) is 18.4 Å². The molecule has 5 nitrogen and oxygen atoms in total. The van der Waals surface area contributed by atoms with Crippen LogP contribution in [0.25, 0.3) is 0 Å². The van der Waals surface area contributed by atoms with Gasteiger partial charge in [-0.1, -0.05) is 23.2 Å². The Morgan fingerprint density at radius 3 is 2.62 bits per heavy atom. The van der Waals surface area contributed by atoms with Crippen molar-refractivity contribution in [2.75, 3.05) is 32.6 Å². The molecule has 1 amide bonds. The molecule has 0 saturated heterocycles. The number of benzene rings is 1. The van der Waals surface area contributed by atoms with E-state index in [4.69, 9.17) is 23.2 Å². The highest BCUT2D eigenvalue weighted by molar-refractivity contribution is 6.42. The van der Waals surface area contributed by atoms with E-state index >= 15 is 0 Å². The Labute approximate surface area is 134 Å². The van der Waals surface area contributed by atoms with Gasteiger partial charge in [0.15, 0.2) is 0 Å². The number of likely N-dealkylation sites (N-methyl/N-ethyl adjacent to an activating group) is 1. The molecular weight excluding hydrogens is 315 g/mol. The number of anilines is 1. The lowest BCUT2D eigenvalue weighted by molar-refractivity contribution is -0.140. The number of carbonyl (C=O) groups excluding carboxylic acids is 2. The summed E-state index contributed by atoms with van der Waals surface area (Å²) in [6.07, 6.45) is 0.985. The topological polar surface area (TPSA) is 58.6 Å². The Hall–Kier alpha value is -1.30. The van der Waals surface area contributed by atoms with Crippen LogP contribution in [0, 0.1) is 0 Å². The first kappa shape index (κ1) is 17.8. The first-order chi connectivity index (χ1) is 9.92. The Kier molecular flexibility index (Phi) is 7.50. The molecule has 0 aliphatic rings. The van der Waals surface area contributed by atoms with Gasteiger partial charge >= 0.3 is 5.97 Å². The van der Waals surface area contributed by atoms with Crippen LogP contribution in [0.2, 0.25) is 10.0 Å². The number of nitrogens with one attached hydrogen (secondary N) is 1. The number of hydrogen-bond acceptors (Lipinski definition) is 4. The van der Waals surface area contributed by atoms with E-state index in [1.54, 1.807) is 18.2 Å². The van der Waals surface area contributed by atoms with Crippen molar-refractivity contribution in [3.63, 3.8) is 0 Å². The van der Waals surface area contributed by atoms with Gasteiger partial charge in [-0.05, 0) is 38.2 Å². The van der Waals surface area contributed by atoms with Crippen LogP contribution in [0.3, 0.4) is 0 Å². The largest absolute Gasteiger partial charge is 0.469 e. The molecule has 0 unspecified atom stereocenters. The maximum Gasteiger partial charge on any atom is 0.305 e. The molecule has 0 bridgehead atoms. The number of rotatable bonds is 7. The minimum absolute atomic E-state index is 0.158. The molecule has 0 heterocycles. The summed E-state index contributed by atoms with van der Waals surface area (Å²) in [7, 11) is 3.17. The molecule has 1 rings (SSSR count). The zero-order valence-corrected chi connectivity index (χ0v) is 13.5. The first-order valence-electron chi connectivity index (χ1n) is 6.42. The van der Waals surface area contributed by atoms with Crippen LogP contribution in [0.1, 0.15) is 12.8 Å². The summed E-state index contributed by atoms with van der Waals surface area (Å²) in [5.74, 6) is -0.405. The predicted octanol–water partition coefficient (Wildman–Crippen LogP) is 2.82. The lowest BCUT2D eigenvalue weighted by Gasteiger charge is -2.16. The molecule has 0 radical (unpaired) electrons. The minimum Gasteiger partial charge on any atom is -0.469 e. The van der Waals surface area contributed by atoms with Crippen LogP contribution in [-0.4, -0.2) is 44.0 Å². The third-order valence-corrected chi connectivity index (χ3v) is 3.50. The summed E-state index contributed by atoms with van der Waals surface area (Å²) in [6.45, 7) is 0.852. The second kappa shape index (κ2) is 8.87. The molecular formula is C14H18Cl2N2O3. The van der Waals surface area contributed by atoms with Gasteiger partial charge in [-0.15, -0.1) is 0 Å². The molecule has 0 atom stereocenters. The first-order valence-corrected chi connectivity index (χ1v) is 7.18. The van der Waals surface area contributed by atoms with E-state index in [9.17, 15) is 9.59 Å². The number of esters is 1. The molecule has 21 heavy (non-hydrogen) atoms. The fourth-order valence-electron chi connectivity index (χ4n) is 1.69. The van der Waals surface area contributed by atoms with Crippen LogP contribution < -0.4 is 5.32 Å². The lowest BCUT2D eigenvalue weighted by Crippen LogP contribution is -2.31. The minimum atomic E-state index is -0.247. The number of amides is 1. The highest BCUT2D eigenvalue weighted by Crippen LogP contribution is 2.24. The Morgan fingerprint density at radius 2 is 2.00 bits per heavy atom. The summed E-state index contributed by atoms with van der Waals surface area (Å²) in [5, 5.41) is 3.57. The molecule has 0 saturated carbocycles. The van der Waals surface area contributed by atoms with Gasteiger partial charge in [0.25, 0.3) is 0 Å². The Morgan fingerprint density at radius 1 is 1.29 bits per heavy atom. The number of ether oxygens (including phenoxy) is 1. The third kappa shape index (κ3) is 6.80. The summed E-state index contributed by atoms with van der Waals surface area (Å²) < 4.78 is 4.55. The molecule has 0 aromatic heterocycles. The van der Waals surface area contributed by atoms with Crippen molar-refractivity contribution in [1.82, 2.24) is 4.90 Å². The quantitative estimate of drug-likeness (QED) is 0.780. The van der Waals surface area contributed by atoms with E-state index in [0.29, 0.717) is 35.1 Å². The molecule has 1 aromatic carbocycles. The van der Waals surface area contributed by atoms with Gasteiger partial charge < -0.3 is 10.1 Å². The summed E-state index contributed by atoms with van der Waals surface area (Å²) in [4.78, 5) is 24.7. The number of carbonyl (C=O) groups is 2. The molecule has 116 valence electrons. The zero-order chi connectivity index (χ0) is 15.8. The normalized spacial score (nSPS) is 10.5. The van der Waals surface area contributed by atoms with E-state index in [2.05, 4.69) is 10.1 Å². The summed E-state index contributed by atoms with van der Waals surface area (Å²) in [6, 6.07) is 4.90. The average Bonchev–Trinajstić information content (AvgIpc) is 2.42. The average molecular weight is 333 g/mol. The van der Waals surface area contributed by atoms with Gasteiger partial charge in [0.2, 0.25) is 5.91 Å². The molecule has 0 fully saturated rings. The van der Waals surface area contributed by atoms with Crippen LogP contribution in [-0.2, 0) is 14.3 Å². The van der Waals surface area contributed by atoms with Crippen molar-refractivity contribution in [2.24, 2.45) is 0 Å². The van der Waals surface area contributed by atoms with Crippen molar-refractivity contribution < 1.29 is 14.3 Å². The van der Waals surface area contributed by atoms with Crippen molar-refractivity contribution in [3.05, 3.63) is 28.2 Å². The predicted molar refractivity (Wildman–Crippen MR) is 83.8 cm³/mol. The van der Waals surface area contributed by atoms with Crippen molar-refractivity contribution >= 4 is 40.8 Å². The van der Waals surface area contributed by atoms with Gasteiger partial charge in [-0.3, -0.25) is 14.5 Å². The SMILES string of the molecule is COC(=O)CCCN(C)CC(=O)Nc1ccc(Cl)c(Cl)c1. The standard InChI is InChI=1S/C14H18Cl2N2O3/c1-18(7-3-4-14(20)21-2)9-13(19)17-10-5-6-11(15)12(16)8-10/h5-6,8H,3-4,7,9H2,1-2H3,(H,17,19). The van der Waals surface area contributed by atoms with Gasteiger partial charge in [0.1, 0.15) is 0 Å². The van der Waals surface area contributed by atoms with Crippen LogP contribution in [0.5, 0.6) is 0 Å². The fourth-order valence-corrected chi connectivity index (χ4v) is 1.99. The highest BCUT2D eigenvalue weighted by Gasteiger charge is 2.09. The monoisotopic (exact) mass is 332 g/mol. The van der Waals surface area contributed by atoms with Gasteiger partial charge in [0.05, 0.1) is 23.7 Å². The maximum absolute atomic E-state index is 11.9. The number of halogens is 2. The zero-order valence-electron chi connectivity index (χ0n) is 12.0. The van der Waals surface area contributed by atoms with E-state index in [0.717, 1.165) is 0 Å². The summed E-state index contributed by atoms with van der Waals surface area (Å²) in [5.41, 5.74) is 0.595. The molecule has 1 N–H and O–H groups in total. The molecule has 0 aliphatic carbocycles. The van der Waals surface area contributed by atoms with E-state index in [1.807, 2.05) is 11.9 Å². The number of nitrogens with zero attached hydrogens (tertiary/aromatic N) is 1. The fraction of sp³-hybridized carbons (Fsp3) is 0.429. The van der Waals surface area contributed by atoms with Gasteiger partial charge in [0, 0.05) is 12.1 Å². The van der Waals surface area contributed by atoms with Crippen molar-refractivity contribution in [3.8, 4) is 0 Å². The summed E-state index contributed by atoms with van der Waals surface area (Å²) >= 11 is 11.7. The van der Waals surface area contributed by atoms with E-state index < -0.39 is 0 Å². The van der Waals surface area contributed by atoms with Crippen LogP contribution in [0.4, 0.5) is 5.69 Å². The molecule has 1 aromatic rings. The van der Waals surface area contributed by atoms with Crippen molar-refractivity contribution in [1.29, 1.82) is 0 Å². The number of hydrogen-bond donors (Lipinski definition) is 1. The van der Waals surface area contributed by atoms with Gasteiger partial charge in [-0.2, -0.15) is 0 Å². The van der Waals surface area contributed by atoms with Gasteiger partial charge in [-0.25, -0.2) is 0 Å². The van der Waals surface area contributed by atoms with Crippen LogP contribution in [0.15, 0.2) is 18.2 Å². The maximum atomic E-state index is 11.9. The Balaban J connectivity index is 2.35. The highest BCUT2D eigenvalue weighted by atomic mass is 35.5. The number of methoxy groups -OCH3 is 1. The van der Waals surface area contributed by atoms with E-state index in [1.165, 1.54) is 7.11 Å². The molecule has 0 spiro atoms. The second-order valence-corrected chi connectivity index (χ2v) is 5.41. The van der Waals surface area contributed by atoms with Crippen molar-refractivity contribution in [2.45, 2.75) is 12.8 Å². The van der Waals surface area contributed by atoms with Crippen LogP contribution >= 0.6 is 23.2 Å². The third-order valence-electron chi connectivity index (χ3n) is 2.77. The lowest BCUT2D eigenvalue weighted by atomic mass is 10.3. The second-order valence-electron chi connectivity index (χ2n) is 4.59.